The molecule has 0 radical (unpaired) electrons. The van der Waals surface area contributed by atoms with Crippen molar-refractivity contribution in [2.24, 2.45) is 0 Å². The SMILES string of the molecule is COC(=O)[C@H](C)NCc1ccc2cnccc2c1. The Kier molecular flexibility index (Phi) is 3.89. The van der Waals surface area contributed by atoms with Gasteiger partial charge in [0.15, 0.2) is 0 Å². The summed E-state index contributed by atoms with van der Waals surface area (Å²) in [5.41, 5.74) is 1.13. The Bertz CT molecular complexity index is 554. The van der Waals surface area contributed by atoms with Gasteiger partial charge in [0.2, 0.25) is 0 Å². The maximum Gasteiger partial charge on any atom is 0.322 e. The Balaban J connectivity index is 2.06. The molecular weight excluding hydrogens is 228 g/mol. The van der Waals surface area contributed by atoms with Gasteiger partial charge in [-0.15, -0.1) is 0 Å². The molecule has 0 saturated carbocycles. The van der Waals surface area contributed by atoms with Gasteiger partial charge < -0.3 is 10.1 Å². The molecule has 94 valence electrons. The van der Waals surface area contributed by atoms with Gasteiger partial charge in [-0.3, -0.25) is 9.78 Å². The predicted octanol–water partition coefficient (Wildman–Crippen LogP) is 1.89. The summed E-state index contributed by atoms with van der Waals surface area (Å²) in [6.07, 6.45) is 3.61. The van der Waals surface area contributed by atoms with Crippen LogP contribution in [0, 0.1) is 0 Å². The smallest absolute Gasteiger partial charge is 0.322 e. The van der Waals surface area contributed by atoms with Crippen molar-refractivity contribution >= 4 is 16.7 Å². The second-order valence-electron chi connectivity index (χ2n) is 4.18. The van der Waals surface area contributed by atoms with Crippen LogP contribution in [0.15, 0.2) is 36.7 Å². The van der Waals surface area contributed by atoms with Crippen LogP contribution in [0.2, 0.25) is 0 Å². The molecule has 0 aliphatic carbocycles. The maximum atomic E-state index is 11.3. The first-order valence-corrected chi connectivity index (χ1v) is 5.84. The first-order chi connectivity index (χ1) is 8.70. The third-order valence-electron chi connectivity index (χ3n) is 2.87. The van der Waals surface area contributed by atoms with Gasteiger partial charge >= 0.3 is 5.97 Å². The summed E-state index contributed by atoms with van der Waals surface area (Å²) >= 11 is 0. The fourth-order valence-corrected chi connectivity index (χ4v) is 1.77. The van der Waals surface area contributed by atoms with E-state index >= 15 is 0 Å². The van der Waals surface area contributed by atoms with Crippen molar-refractivity contribution in [3.63, 3.8) is 0 Å². The molecule has 1 aromatic carbocycles. The highest BCUT2D eigenvalue weighted by atomic mass is 16.5. The number of benzene rings is 1. The van der Waals surface area contributed by atoms with Gasteiger partial charge in [-0.25, -0.2) is 0 Å². The normalized spacial score (nSPS) is 12.3. The Labute approximate surface area is 106 Å². The van der Waals surface area contributed by atoms with Gasteiger partial charge in [0, 0.05) is 24.3 Å². The molecule has 0 bridgehead atoms. The van der Waals surface area contributed by atoms with Crippen LogP contribution in [0.5, 0.6) is 0 Å². The Morgan fingerprint density at radius 2 is 2.22 bits per heavy atom. The van der Waals surface area contributed by atoms with E-state index < -0.39 is 0 Å². The molecule has 2 aromatic rings. The third-order valence-corrected chi connectivity index (χ3v) is 2.87. The molecule has 0 aliphatic heterocycles. The van der Waals surface area contributed by atoms with E-state index in [2.05, 4.69) is 21.1 Å². The van der Waals surface area contributed by atoms with Crippen molar-refractivity contribution in [2.75, 3.05) is 7.11 Å². The molecule has 2 rings (SSSR count). The minimum absolute atomic E-state index is 0.250. The summed E-state index contributed by atoms with van der Waals surface area (Å²) in [7, 11) is 1.39. The monoisotopic (exact) mass is 244 g/mol. The van der Waals surface area contributed by atoms with Gasteiger partial charge in [-0.05, 0) is 30.0 Å². The standard InChI is InChI=1S/C14H16N2O2/c1-10(14(17)18-2)16-8-11-3-4-13-9-15-6-5-12(13)7-11/h3-7,9-10,16H,8H2,1-2H3/t10-/m0/s1. The van der Waals surface area contributed by atoms with Crippen molar-refractivity contribution < 1.29 is 9.53 Å². The number of rotatable bonds is 4. The number of fused-ring (bicyclic) bond motifs is 1. The van der Waals surface area contributed by atoms with Gasteiger partial charge in [0.1, 0.15) is 6.04 Å². The lowest BCUT2D eigenvalue weighted by Gasteiger charge is -2.11. The molecule has 1 heterocycles. The average Bonchev–Trinajstić information content (AvgIpc) is 2.43. The van der Waals surface area contributed by atoms with E-state index in [0.29, 0.717) is 6.54 Å². The van der Waals surface area contributed by atoms with Crippen LogP contribution >= 0.6 is 0 Å². The number of carbonyl (C=O) groups excluding carboxylic acids is 1. The van der Waals surface area contributed by atoms with E-state index in [-0.39, 0.29) is 12.0 Å². The zero-order valence-corrected chi connectivity index (χ0v) is 10.5. The van der Waals surface area contributed by atoms with Crippen molar-refractivity contribution in [3.8, 4) is 0 Å². The fourth-order valence-electron chi connectivity index (χ4n) is 1.77. The van der Waals surface area contributed by atoms with Crippen LogP contribution in [0.25, 0.3) is 10.8 Å². The molecule has 18 heavy (non-hydrogen) atoms. The zero-order valence-electron chi connectivity index (χ0n) is 10.5. The molecule has 0 aliphatic rings. The molecule has 0 spiro atoms. The molecule has 1 aromatic heterocycles. The molecule has 0 amide bonds. The second-order valence-corrected chi connectivity index (χ2v) is 4.18. The molecule has 1 atom stereocenters. The molecular formula is C14H16N2O2. The summed E-state index contributed by atoms with van der Waals surface area (Å²) < 4.78 is 4.66. The van der Waals surface area contributed by atoms with E-state index in [4.69, 9.17) is 0 Å². The first-order valence-electron chi connectivity index (χ1n) is 5.84. The van der Waals surface area contributed by atoms with Gasteiger partial charge in [0.25, 0.3) is 0 Å². The van der Waals surface area contributed by atoms with Gasteiger partial charge in [-0.2, -0.15) is 0 Å². The van der Waals surface area contributed by atoms with Crippen LogP contribution in [-0.2, 0) is 16.1 Å². The summed E-state index contributed by atoms with van der Waals surface area (Å²) in [6.45, 7) is 2.42. The van der Waals surface area contributed by atoms with E-state index in [1.54, 1.807) is 13.1 Å². The summed E-state index contributed by atoms with van der Waals surface area (Å²) in [5.74, 6) is -0.250. The topological polar surface area (TPSA) is 51.2 Å². The quantitative estimate of drug-likeness (QED) is 0.834. The van der Waals surface area contributed by atoms with Crippen LogP contribution in [0.3, 0.4) is 0 Å². The van der Waals surface area contributed by atoms with E-state index in [1.807, 2.05) is 24.4 Å². The minimum Gasteiger partial charge on any atom is -0.468 e. The van der Waals surface area contributed by atoms with Crippen molar-refractivity contribution in [2.45, 2.75) is 19.5 Å². The molecule has 0 saturated heterocycles. The van der Waals surface area contributed by atoms with Crippen LogP contribution in [-0.4, -0.2) is 24.1 Å². The van der Waals surface area contributed by atoms with Crippen molar-refractivity contribution in [1.82, 2.24) is 10.3 Å². The Hall–Kier alpha value is -1.94. The van der Waals surface area contributed by atoms with Gasteiger partial charge in [-0.1, -0.05) is 12.1 Å². The predicted molar refractivity (Wildman–Crippen MR) is 70.1 cm³/mol. The fraction of sp³-hybridized carbons (Fsp3) is 0.286. The maximum absolute atomic E-state index is 11.3. The number of esters is 1. The largest absolute Gasteiger partial charge is 0.468 e. The second kappa shape index (κ2) is 5.60. The lowest BCUT2D eigenvalue weighted by Crippen LogP contribution is -2.34. The highest BCUT2D eigenvalue weighted by Crippen LogP contribution is 2.14. The third kappa shape index (κ3) is 2.84. The molecule has 4 nitrogen and oxygen atoms in total. The number of ether oxygens (including phenoxy) is 1. The molecule has 0 unspecified atom stereocenters. The van der Waals surface area contributed by atoms with Crippen LogP contribution < -0.4 is 5.32 Å². The average molecular weight is 244 g/mol. The van der Waals surface area contributed by atoms with Crippen LogP contribution in [0.1, 0.15) is 12.5 Å². The van der Waals surface area contributed by atoms with E-state index in [1.165, 1.54) is 7.11 Å². The highest BCUT2D eigenvalue weighted by Gasteiger charge is 2.11. The summed E-state index contributed by atoms with van der Waals surface area (Å²) in [5, 5.41) is 5.39. The minimum atomic E-state index is -0.303. The zero-order chi connectivity index (χ0) is 13.0. The molecule has 4 heteroatoms. The summed E-state index contributed by atoms with van der Waals surface area (Å²) in [6, 6.07) is 7.82. The van der Waals surface area contributed by atoms with Crippen molar-refractivity contribution in [1.29, 1.82) is 0 Å². The summed E-state index contributed by atoms with van der Waals surface area (Å²) in [4.78, 5) is 15.3. The van der Waals surface area contributed by atoms with E-state index in [9.17, 15) is 4.79 Å². The first kappa shape index (κ1) is 12.5. The number of hydrogen-bond donors (Lipinski definition) is 1. The number of methoxy groups -OCH3 is 1. The number of carbonyl (C=O) groups is 1. The molecule has 1 N–H and O–H groups in total. The molecule has 0 fully saturated rings. The number of nitrogens with zero attached hydrogens (tertiary/aromatic N) is 1. The highest BCUT2D eigenvalue weighted by molar-refractivity contribution is 5.82. The van der Waals surface area contributed by atoms with Crippen molar-refractivity contribution in [3.05, 3.63) is 42.2 Å². The number of aromatic nitrogens is 1. The lowest BCUT2D eigenvalue weighted by molar-refractivity contribution is -0.142. The van der Waals surface area contributed by atoms with Crippen LogP contribution in [0.4, 0.5) is 0 Å². The van der Waals surface area contributed by atoms with Gasteiger partial charge in [0.05, 0.1) is 7.11 Å². The number of nitrogens with one attached hydrogen (secondary N) is 1. The number of hydrogen-bond acceptors (Lipinski definition) is 4. The number of pyridine rings is 1. The Morgan fingerprint density at radius 1 is 1.39 bits per heavy atom. The van der Waals surface area contributed by atoms with E-state index in [0.717, 1.165) is 16.3 Å². The Morgan fingerprint density at radius 3 is 3.00 bits per heavy atom. The lowest BCUT2D eigenvalue weighted by atomic mass is 10.1.